The van der Waals surface area contributed by atoms with Crippen molar-refractivity contribution in [3.8, 4) is 0 Å². The maximum Gasteiger partial charge on any atom is 0.142 e. The molecule has 20 heavy (non-hydrogen) atoms. The zero-order chi connectivity index (χ0) is 14.5. The first-order chi connectivity index (χ1) is 9.56. The molecule has 112 valence electrons. The molecule has 1 aromatic heterocycles. The van der Waals surface area contributed by atoms with Crippen LogP contribution in [0.25, 0.3) is 0 Å². The standard InChI is InChI=1S/C15H23BrClN3/c1-11(2)7-18-8-12-4-3-5-20(10-12)15-14(16)6-13(17)9-19-15/h6,9,11-12,18H,3-5,7-8,10H2,1-2H3. The van der Waals surface area contributed by atoms with Crippen molar-refractivity contribution < 1.29 is 0 Å². The van der Waals surface area contributed by atoms with Gasteiger partial charge in [0.05, 0.1) is 9.50 Å². The van der Waals surface area contributed by atoms with Crippen molar-refractivity contribution in [2.75, 3.05) is 31.1 Å². The fraction of sp³-hybridized carbons (Fsp3) is 0.667. The second-order valence-electron chi connectivity index (χ2n) is 5.97. The molecular weight excluding hydrogens is 338 g/mol. The number of aromatic nitrogens is 1. The number of nitrogens with one attached hydrogen (secondary N) is 1. The third-order valence-electron chi connectivity index (χ3n) is 3.59. The van der Waals surface area contributed by atoms with E-state index < -0.39 is 0 Å². The maximum absolute atomic E-state index is 5.96. The van der Waals surface area contributed by atoms with E-state index >= 15 is 0 Å². The number of piperidine rings is 1. The van der Waals surface area contributed by atoms with Gasteiger partial charge < -0.3 is 10.2 Å². The van der Waals surface area contributed by atoms with E-state index in [1.807, 2.05) is 6.07 Å². The Bertz CT molecular complexity index is 439. The molecule has 1 atom stereocenters. The lowest BCUT2D eigenvalue weighted by atomic mass is 9.98. The second kappa shape index (κ2) is 7.62. The van der Waals surface area contributed by atoms with E-state index in [1.54, 1.807) is 6.20 Å². The van der Waals surface area contributed by atoms with Gasteiger partial charge in [0.2, 0.25) is 0 Å². The van der Waals surface area contributed by atoms with Gasteiger partial charge in [0.25, 0.3) is 0 Å². The molecule has 0 amide bonds. The lowest BCUT2D eigenvalue weighted by molar-refractivity contribution is 0.381. The first kappa shape index (κ1) is 16.1. The van der Waals surface area contributed by atoms with Crippen LogP contribution in [0.15, 0.2) is 16.7 Å². The Kier molecular flexibility index (Phi) is 6.12. The minimum Gasteiger partial charge on any atom is -0.355 e. The van der Waals surface area contributed by atoms with Gasteiger partial charge in [0.15, 0.2) is 0 Å². The summed E-state index contributed by atoms with van der Waals surface area (Å²) in [5.74, 6) is 2.43. The van der Waals surface area contributed by atoms with Crippen molar-refractivity contribution in [1.82, 2.24) is 10.3 Å². The van der Waals surface area contributed by atoms with E-state index in [4.69, 9.17) is 11.6 Å². The summed E-state index contributed by atoms with van der Waals surface area (Å²) in [6.45, 7) is 8.83. The Balaban J connectivity index is 1.92. The lowest BCUT2D eigenvalue weighted by Crippen LogP contribution is -2.40. The number of anilines is 1. The van der Waals surface area contributed by atoms with Crippen molar-refractivity contribution in [2.45, 2.75) is 26.7 Å². The molecule has 3 nitrogen and oxygen atoms in total. The summed E-state index contributed by atoms with van der Waals surface area (Å²) in [6.07, 6.45) is 4.25. The van der Waals surface area contributed by atoms with Crippen LogP contribution in [-0.4, -0.2) is 31.2 Å². The average Bonchev–Trinajstić information content (AvgIpc) is 2.38. The smallest absolute Gasteiger partial charge is 0.142 e. The molecule has 0 bridgehead atoms. The Morgan fingerprint density at radius 3 is 3.05 bits per heavy atom. The van der Waals surface area contributed by atoms with E-state index in [-0.39, 0.29) is 0 Å². The SMILES string of the molecule is CC(C)CNCC1CCCN(c2ncc(Cl)cc2Br)C1. The molecule has 1 saturated heterocycles. The van der Waals surface area contributed by atoms with Crippen molar-refractivity contribution >= 4 is 33.3 Å². The summed E-state index contributed by atoms with van der Waals surface area (Å²) >= 11 is 9.53. The second-order valence-corrected chi connectivity index (χ2v) is 7.26. The molecule has 1 aliphatic rings. The van der Waals surface area contributed by atoms with E-state index in [0.717, 1.165) is 36.5 Å². The van der Waals surface area contributed by atoms with Crippen LogP contribution >= 0.6 is 27.5 Å². The van der Waals surface area contributed by atoms with Gasteiger partial charge in [-0.3, -0.25) is 0 Å². The number of hydrogen-bond acceptors (Lipinski definition) is 3. The Labute approximate surface area is 135 Å². The van der Waals surface area contributed by atoms with Gasteiger partial charge in [-0.25, -0.2) is 4.98 Å². The van der Waals surface area contributed by atoms with Gasteiger partial charge in [-0.1, -0.05) is 25.4 Å². The van der Waals surface area contributed by atoms with Crippen LogP contribution in [0.5, 0.6) is 0 Å². The van der Waals surface area contributed by atoms with Gasteiger partial charge in [-0.2, -0.15) is 0 Å². The predicted octanol–water partition coefficient (Wildman–Crippen LogP) is 3.96. The predicted molar refractivity (Wildman–Crippen MR) is 89.6 cm³/mol. The van der Waals surface area contributed by atoms with E-state index in [2.05, 4.69) is 45.0 Å². The largest absolute Gasteiger partial charge is 0.355 e. The highest BCUT2D eigenvalue weighted by Crippen LogP contribution is 2.29. The minimum absolute atomic E-state index is 0.674. The first-order valence-electron chi connectivity index (χ1n) is 7.33. The van der Waals surface area contributed by atoms with Crippen LogP contribution in [0, 0.1) is 11.8 Å². The van der Waals surface area contributed by atoms with Gasteiger partial charge in [-0.15, -0.1) is 0 Å². The highest BCUT2D eigenvalue weighted by molar-refractivity contribution is 9.10. The Hall–Kier alpha value is -0.320. The third-order valence-corrected chi connectivity index (χ3v) is 4.38. The fourth-order valence-electron chi connectivity index (χ4n) is 2.64. The van der Waals surface area contributed by atoms with Crippen molar-refractivity contribution in [2.24, 2.45) is 11.8 Å². The van der Waals surface area contributed by atoms with Gasteiger partial charge in [-0.05, 0) is 59.8 Å². The van der Waals surface area contributed by atoms with Crippen LogP contribution in [0.3, 0.4) is 0 Å². The molecular formula is C15H23BrClN3. The summed E-state index contributed by atoms with van der Waals surface area (Å²) in [4.78, 5) is 6.84. The van der Waals surface area contributed by atoms with Crippen molar-refractivity contribution in [3.05, 3.63) is 21.8 Å². The van der Waals surface area contributed by atoms with Gasteiger partial charge >= 0.3 is 0 Å². The summed E-state index contributed by atoms with van der Waals surface area (Å²) in [5, 5.41) is 4.24. The van der Waals surface area contributed by atoms with Crippen molar-refractivity contribution in [3.63, 3.8) is 0 Å². The third kappa shape index (κ3) is 4.61. The molecule has 2 heterocycles. The lowest BCUT2D eigenvalue weighted by Gasteiger charge is -2.34. The zero-order valence-corrected chi connectivity index (χ0v) is 14.5. The van der Waals surface area contributed by atoms with Crippen LogP contribution in [0.2, 0.25) is 5.02 Å². The molecule has 0 aromatic carbocycles. The topological polar surface area (TPSA) is 28.2 Å². The van der Waals surface area contributed by atoms with Gasteiger partial charge in [0, 0.05) is 19.3 Å². The summed E-state index contributed by atoms with van der Waals surface area (Å²) in [6, 6.07) is 1.92. The number of halogens is 2. The molecule has 5 heteroatoms. The van der Waals surface area contributed by atoms with Crippen LogP contribution in [0.4, 0.5) is 5.82 Å². The molecule has 1 unspecified atom stereocenters. The molecule has 0 aliphatic carbocycles. The highest BCUT2D eigenvalue weighted by Gasteiger charge is 2.22. The molecule has 1 aromatic rings. The zero-order valence-electron chi connectivity index (χ0n) is 12.2. The molecule has 0 spiro atoms. The molecule has 1 N–H and O–H groups in total. The van der Waals surface area contributed by atoms with Crippen LogP contribution in [-0.2, 0) is 0 Å². The monoisotopic (exact) mass is 359 g/mol. The summed E-state index contributed by atoms with van der Waals surface area (Å²) in [5.41, 5.74) is 0. The average molecular weight is 361 g/mol. The van der Waals surface area contributed by atoms with E-state index in [9.17, 15) is 0 Å². The quantitative estimate of drug-likeness (QED) is 0.861. The number of pyridine rings is 1. The first-order valence-corrected chi connectivity index (χ1v) is 8.50. The molecule has 2 rings (SSSR count). The minimum atomic E-state index is 0.674. The van der Waals surface area contributed by atoms with Crippen LogP contribution in [0.1, 0.15) is 26.7 Å². The van der Waals surface area contributed by atoms with Crippen LogP contribution < -0.4 is 10.2 Å². The normalized spacial score (nSPS) is 19.6. The highest BCUT2D eigenvalue weighted by atomic mass is 79.9. The Morgan fingerprint density at radius 1 is 1.55 bits per heavy atom. The fourth-order valence-corrected chi connectivity index (χ4v) is 3.53. The molecule has 0 radical (unpaired) electrons. The molecule has 0 saturated carbocycles. The number of nitrogens with zero attached hydrogens (tertiary/aromatic N) is 2. The summed E-state index contributed by atoms with van der Waals surface area (Å²) < 4.78 is 0.987. The number of hydrogen-bond donors (Lipinski definition) is 1. The van der Waals surface area contributed by atoms with Gasteiger partial charge in [0.1, 0.15) is 5.82 Å². The molecule has 1 fully saturated rings. The maximum atomic E-state index is 5.96. The van der Waals surface area contributed by atoms with E-state index in [0.29, 0.717) is 16.9 Å². The number of rotatable bonds is 5. The molecule has 1 aliphatic heterocycles. The Morgan fingerprint density at radius 2 is 2.35 bits per heavy atom. The summed E-state index contributed by atoms with van der Waals surface area (Å²) in [7, 11) is 0. The van der Waals surface area contributed by atoms with Crippen molar-refractivity contribution in [1.29, 1.82) is 0 Å². The van der Waals surface area contributed by atoms with E-state index in [1.165, 1.54) is 12.8 Å².